The van der Waals surface area contributed by atoms with Gasteiger partial charge in [0.15, 0.2) is 0 Å². The van der Waals surface area contributed by atoms with Crippen LogP contribution in [0.2, 0.25) is 0 Å². The van der Waals surface area contributed by atoms with Crippen LogP contribution in [0.4, 0.5) is 11.4 Å². The van der Waals surface area contributed by atoms with Crippen molar-refractivity contribution in [1.29, 1.82) is 0 Å². The van der Waals surface area contributed by atoms with Gasteiger partial charge in [0.05, 0.1) is 30.0 Å². The molecule has 5 N–H and O–H groups in total. The lowest BCUT2D eigenvalue weighted by atomic mass is 10.1. The van der Waals surface area contributed by atoms with Crippen LogP contribution in [0.15, 0.2) is 36.4 Å². The quantitative estimate of drug-likeness (QED) is 0.338. The molecule has 29 heavy (non-hydrogen) atoms. The van der Waals surface area contributed by atoms with Crippen LogP contribution in [-0.2, 0) is 14.3 Å². The molecule has 2 aromatic rings. The predicted molar refractivity (Wildman–Crippen MR) is 107 cm³/mol. The third kappa shape index (κ3) is 7.41. The molecule has 0 aliphatic heterocycles. The number of hydrogen-bond donors (Lipinski definition) is 4. The molecular formula is C20H24N2O7. The largest absolute Gasteiger partial charge is 0.508 e. The summed E-state index contributed by atoms with van der Waals surface area (Å²) in [5, 5.41) is 20.8. The molecule has 0 unspecified atom stereocenters. The van der Waals surface area contributed by atoms with Gasteiger partial charge in [0.25, 0.3) is 0 Å². The Bertz CT molecular complexity index is 881. The van der Waals surface area contributed by atoms with E-state index in [2.05, 4.69) is 5.32 Å². The van der Waals surface area contributed by atoms with Crippen molar-refractivity contribution in [1.82, 2.24) is 0 Å². The number of carbonyl (C=O) groups is 3. The van der Waals surface area contributed by atoms with Crippen molar-refractivity contribution in [3.05, 3.63) is 47.5 Å². The standard InChI is InChI=1S/C11H13NO4.C9H11NO3/c1-3-16-11(15)9-6-8(14)4-5-10(9)12-7(2)13;1-2-13-9(12)7-5-6(11)3-4-8(7)10/h4-6,14H,3H2,1-2H3,(H,12,13);3-5,11H,2,10H2,1H3. The van der Waals surface area contributed by atoms with Gasteiger partial charge in [-0.1, -0.05) is 0 Å². The van der Waals surface area contributed by atoms with E-state index in [1.807, 2.05) is 0 Å². The van der Waals surface area contributed by atoms with Gasteiger partial charge in [-0.3, -0.25) is 4.79 Å². The van der Waals surface area contributed by atoms with Gasteiger partial charge in [0.1, 0.15) is 11.5 Å². The number of phenolic OH excluding ortho intramolecular Hbond substituents is 2. The average Bonchev–Trinajstić information content (AvgIpc) is 2.65. The third-order valence-corrected chi connectivity index (χ3v) is 3.34. The number of esters is 2. The second-order valence-electron chi connectivity index (χ2n) is 5.62. The summed E-state index contributed by atoms with van der Waals surface area (Å²) in [5.41, 5.74) is 6.47. The molecule has 1 amide bonds. The fourth-order valence-corrected chi connectivity index (χ4v) is 2.14. The normalized spacial score (nSPS) is 9.62. The number of hydrogen-bond acceptors (Lipinski definition) is 8. The SMILES string of the molecule is CCOC(=O)c1cc(O)ccc1N.CCOC(=O)c1cc(O)ccc1NC(C)=O. The molecule has 0 radical (unpaired) electrons. The summed E-state index contributed by atoms with van der Waals surface area (Å²) in [4.78, 5) is 33.6. The van der Waals surface area contributed by atoms with Crippen LogP contribution >= 0.6 is 0 Å². The number of nitrogens with one attached hydrogen (secondary N) is 1. The summed E-state index contributed by atoms with van der Waals surface area (Å²) in [6.07, 6.45) is 0. The number of ether oxygens (including phenoxy) is 2. The first-order valence-corrected chi connectivity index (χ1v) is 8.72. The molecule has 9 heteroatoms. The van der Waals surface area contributed by atoms with Crippen LogP contribution in [0, 0.1) is 0 Å². The molecule has 0 atom stereocenters. The van der Waals surface area contributed by atoms with Crippen molar-refractivity contribution in [2.75, 3.05) is 24.3 Å². The van der Waals surface area contributed by atoms with E-state index < -0.39 is 11.9 Å². The van der Waals surface area contributed by atoms with Crippen molar-refractivity contribution < 1.29 is 34.1 Å². The van der Waals surface area contributed by atoms with Gasteiger partial charge >= 0.3 is 11.9 Å². The van der Waals surface area contributed by atoms with Gasteiger partial charge in [0.2, 0.25) is 5.91 Å². The third-order valence-electron chi connectivity index (χ3n) is 3.34. The molecule has 0 saturated heterocycles. The molecule has 0 fully saturated rings. The van der Waals surface area contributed by atoms with E-state index in [4.69, 9.17) is 20.3 Å². The van der Waals surface area contributed by atoms with Crippen LogP contribution in [0.1, 0.15) is 41.5 Å². The molecule has 0 aliphatic rings. The van der Waals surface area contributed by atoms with Crippen LogP contribution in [0.5, 0.6) is 11.5 Å². The Labute approximate surface area is 168 Å². The predicted octanol–water partition coefficient (Wildman–Crippen LogP) is 2.68. The monoisotopic (exact) mass is 404 g/mol. The van der Waals surface area contributed by atoms with Gasteiger partial charge in [-0.2, -0.15) is 0 Å². The molecule has 0 spiro atoms. The lowest BCUT2D eigenvalue weighted by Gasteiger charge is -2.09. The minimum atomic E-state index is -0.581. The van der Waals surface area contributed by atoms with E-state index in [1.54, 1.807) is 13.8 Å². The molecule has 9 nitrogen and oxygen atoms in total. The van der Waals surface area contributed by atoms with Gasteiger partial charge in [-0.15, -0.1) is 0 Å². The molecule has 0 saturated carbocycles. The maximum absolute atomic E-state index is 11.5. The Kier molecular flexibility index (Phi) is 8.97. The van der Waals surface area contributed by atoms with E-state index in [9.17, 15) is 19.5 Å². The molecule has 2 rings (SSSR count). The highest BCUT2D eigenvalue weighted by Crippen LogP contribution is 2.22. The van der Waals surface area contributed by atoms with Gasteiger partial charge < -0.3 is 30.7 Å². The Balaban J connectivity index is 0.000000296. The highest BCUT2D eigenvalue weighted by Gasteiger charge is 2.14. The van der Waals surface area contributed by atoms with Gasteiger partial charge in [-0.05, 0) is 50.2 Å². The van der Waals surface area contributed by atoms with E-state index in [-0.39, 0.29) is 41.7 Å². The number of carbonyl (C=O) groups excluding carboxylic acids is 3. The smallest absolute Gasteiger partial charge is 0.340 e. The van der Waals surface area contributed by atoms with Crippen molar-refractivity contribution in [3.8, 4) is 11.5 Å². The Morgan fingerprint density at radius 1 is 0.897 bits per heavy atom. The summed E-state index contributed by atoms with van der Waals surface area (Å²) < 4.78 is 9.54. The number of rotatable bonds is 5. The van der Waals surface area contributed by atoms with Crippen molar-refractivity contribution in [3.63, 3.8) is 0 Å². The number of aromatic hydroxyl groups is 2. The molecule has 0 bridgehead atoms. The molecule has 156 valence electrons. The van der Waals surface area contributed by atoms with Gasteiger partial charge in [-0.25, -0.2) is 9.59 Å². The first-order chi connectivity index (χ1) is 13.7. The zero-order chi connectivity index (χ0) is 22.0. The fourth-order valence-electron chi connectivity index (χ4n) is 2.14. The van der Waals surface area contributed by atoms with E-state index >= 15 is 0 Å². The molecule has 0 heterocycles. The maximum atomic E-state index is 11.5. The zero-order valence-electron chi connectivity index (χ0n) is 16.4. The number of phenols is 2. The number of anilines is 2. The molecular weight excluding hydrogens is 380 g/mol. The second-order valence-corrected chi connectivity index (χ2v) is 5.62. The van der Waals surface area contributed by atoms with Crippen LogP contribution < -0.4 is 11.1 Å². The van der Waals surface area contributed by atoms with E-state index in [0.717, 1.165) is 0 Å². The van der Waals surface area contributed by atoms with Crippen LogP contribution in [0.25, 0.3) is 0 Å². The summed E-state index contributed by atoms with van der Waals surface area (Å²) in [7, 11) is 0. The number of nitrogen functional groups attached to an aromatic ring is 1. The minimum absolute atomic E-state index is 0.00254. The number of amides is 1. The summed E-state index contributed by atoms with van der Waals surface area (Å²) in [6.45, 7) is 5.24. The van der Waals surface area contributed by atoms with Crippen LogP contribution in [-0.4, -0.2) is 41.3 Å². The Morgan fingerprint density at radius 2 is 1.38 bits per heavy atom. The first-order valence-electron chi connectivity index (χ1n) is 8.72. The highest BCUT2D eigenvalue weighted by atomic mass is 16.5. The van der Waals surface area contributed by atoms with Crippen LogP contribution in [0.3, 0.4) is 0 Å². The van der Waals surface area contributed by atoms with E-state index in [0.29, 0.717) is 11.4 Å². The molecule has 2 aromatic carbocycles. The first kappa shape index (κ1) is 23.3. The summed E-state index contributed by atoms with van der Waals surface area (Å²) in [6, 6.07) is 8.24. The zero-order valence-corrected chi connectivity index (χ0v) is 16.4. The van der Waals surface area contributed by atoms with Crippen molar-refractivity contribution in [2.45, 2.75) is 20.8 Å². The summed E-state index contributed by atoms with van der Waals surface area (Å²) >= 11 is 0. The maximum Gasteiger partial charge on any atom is 0.340 e. The van der Waals surface area contributed by atoms with Crippen molar-refractivity contribution in [2.24, 2.45) is 0 Å². The van der Waals surface area contributed by atoms with Gasteiger partial charge in [0, 0.05) is 12.6 Å². The number of benzene rings is 2. The second kappa shape index (κ2) is 11.2. The average molecular weight is 404 g/mol. The fraction of sp³-hybridized carbons (Fsp3) is 0.250. The minimum Gasteiger partial charge on any atom is -0.508 e. The lowest BCUT2D eigenvalue weighted by Crippen LogP contribution is -2.12. The van der Waals surface area contributed by atoms with Crippen molar-refractivity contribution >= 4 is 29.2 Å². The molecule has 0 aliphatic carbocycles. The topological polar surface area (TPSA) is 148 Å². The Morgan fingerprint density at radius 3 is 1.90 bits per heavy atom. The molecule has 0 aromatic heterocycles. The Hall–Kier alpha value is -3.75. The number of nitrogens with two attached hydrogens (primary N) is 1. The lowest BCUT2D eigenvalue weighted by molar-refractivity contribution is -0.114. The van der Waals surface area contributed by atoms with E-state index in [1.165, 1.54) is 43.3 Å². The summed E-state index contributed by atoms with van der Waals surface area (Å²) in [5.74, 6) is -1.45. The highest BCUT2D eigenvalue weighted by molar-refractivity contribution is 6.01.